The van der Waals surface area contributed by atoms with Crippen LogP contribution in [0.1, 0.15) is 31.1 Å². The minimum Gasteiger partial charge on any atom is -0.465 e. The fourth-order valence-electron chi connectivity index (χ4n) is 1.58. The highest BCUT2D eigenvalue weighted by Crippen LogP contribution is 2.21. The lowest BCUT2D eigenvalue weighted by Crippen LogP contribution is -2.32. The molecule has 1 aromatic carbocycles. The van der Waals surface area contributed by atoms with Crippen LogP contribution < -0.4 is 5.32 Å². The van der Waals surface area contributed by atoms with Crippen LogP contribution in [0.5, 0.6) is 0 Å². The number of methoxy groups -OCH3 is 1. The largest absolute Gasteiger partial charge is 0.465 e. The number of halogens is 1. The van der Waals surface area contributed by atoms with Crippen LogP contribution in [-0.2, 0) is 9.47 Å². The van der Waals surface area contributed by atoms with Crippen LogP contribution in [0.25, 0.3) is 0 Å². The summed E-state index contributed by atoms with van der Waals surface area (Å²) in [4.78, 5) is 23.5. The van der Waals surface area contributed by atoms with Crippen LogP contribution in [0.15, 0.2) is 41.1 Å². The zero-order valence-corrected chi connectivity index (χ0v) is 15.0. The predicted molar refractivity (Wildman–Crippen MR) is 91.9 cm³/mol. The molecular formula is C17H22FNO4S. The minimum absolute atomic E-state index is 0.0581. The molecule has 1 N–H and O–H groups in total. The van der Waals surface area contributed by atoms with E-state index in [2.05, 4.69) is 10.1 Å². The molecule has 132 valence electrons. The fourth-order valence-corrected chi connectivity index (χ4v) is 2.33. The molecule has 5 nitrogen and oxygen atoms in total. The van der Waals surface area contributed by atoms with Crippen molar-refractivity contribution in [1.29, 1.82) is 0 Å². The summed E-state index contributed by atoms with van der Waals surface area (Å²) < 4.78 is 23.4. The molecule has 0 heterocycles. The third-order valence-electron chi connectivity index (χ3n) is 2.62. The van der Waals surface area contributed by atoms with Gasteiger partial charge in [-0.1, -0.05) is 0 Å². The second-order valence-electron chi connectivity index (χ2n) is 5.84. The maximum absolute atomic E-state index is 13.7. The number of hydrogen-bond acceptors (Lipinski definition) is 5. The Kier molecular flexibility index (Phi) is 7.78. The van der Waals surface area contributed by atoms with Gasteiger partial charge in [-0.2, -0.15) is 0 Å². The Balaban J connectivity index is 2.38. The Morgan fingerprint density at radius 2 is 1.88 bits per heavy atom. The highest BCUT2D eigenvalue weighted by atomic mass is 32.2. The van der Waals surface area contributed by atoms with Crippen molar-refractivity contribution in [3.05, 3.63) is 41.7 Å². The quantitative estimate of drug-likeness (QED) is 0.618. The zero-order valence-electron chi connectivity index (χ0n) is 14.2. The second kappa shape index (κ2) is 9.32. The number of esters is 1. The lowest BCUT2D eigenvalue weighted by atomic mass is 10.2. The third kappa shape index (κ3) is 8.01. The van der Waals surface area contributed by atoms with Gasteiger partial charge in [0.05, 0.1) is 12.7 Å². The summed E-state index contributed by atoms with van der Waals surface area (Å²) in [6.07, 6.45) is 0.706. The van der Waals surface area contributed by atoms with Crippen LogP contribution in [0.3, 0.4) is 0 Å². The molecule has 0 unspecified atom stereocenters. The first-order valence-corrected chi connectivity index (χ1v) is 8.32. The third-order valence-corrected chi connectivity index (χ3v) is 3.65. The van der Waals surface area contributed by atoms with Gasteiger partial charge in [0.1, 0.15) is 11.4 Å². The van der Waals surface area contributed by atoms with Crippen molar-refractivity contribution in [2.75, 3.05) is 19.4 Å². The summed E-state index contributed by atoms with van der Waals surface area (Å²) in [5.41, 5.74) is -0.141. The Hall–Kier alpha value is -2.02. The second-order valence-corrected chi connectivity index (χ2v) is 6.89. The van der Waals surface area contributed by atoms with E-state index < -0.39 is 17.7 Å². The van der Waals surface area contributed by atoms with Crippen molar-refractivity contribution in [3.8, 4) is 0 Å². The summed E-state index contributed by atoms with van der Waals surface area (Å²) in [6, 6.07) is 6.70. The summed E-state index contributed by atoms with van der Waals surface area (Å²) >= 11 is 1.29. The first-order chi connectivity index (χ1) is 11.2. The monoisotopic (exact) mass is 355 g/mol. The van der Waals surface area contributed by atoms with E-state index in [0.29, 0.717) is 5.56 Å². The van der Waals surface area contributed by atoms with Gasteiger partial charge in [0.25, 0.3) is 0 Å². The maximum Gasteiger partial charge on any atom is 0.407 e. The van der Waals surface area contributed by atoms with Crippen molar-refractivity contribution in [2.24, 2.45) is 0 Å². The molecular weight excluding hydrogens is 333 g/mol. The molecule has 24 heavy (non-hydrogen) atoms. The first kappa shape index (κ1) is 20.0. The molecule has 0 saturated carbocycles. The van der Waals surface area contributed by atoms with E-state index in [1.807, 2.05) is 0 Å². The predicted octanol–water partition coefficient (Wildman–Crippen LogP) is 3.94. The summed E-state index contributed by atoms with van der Waals surface area (Å²) in [5.74, 6) is -0.632. The molecule has 0 aliphatic heterocycles. The van der Waals surface area contributed by atoms with E-state index in [1.165, 1.54) is 24.9 Å². The molecule has 7 heteroatoms. The maximum atomic E-state index is 13.7. The van der Waals surface area contributed by atoms with E-state index in [4.69, 9.17) is 4.74 Å². The molecule has 0 spiro atoms. The lowest BCUT2D eigenvalue weighted by Gasteiger charge is -2.19. The van der Waals surface area contributed by atoms with Crippen molar-refractivity contribution in [2.45, 2.75) is 31.3 Å². The number of carbonyl (C=O) groups excluding carboxylic acids is 2. The van der Waals surface area contributed by atoms with Gasteiger partial charge in [-0.25, -0.2) is 14.0 Å². The number of hydrogen-bond donors (Lipinski definition) is 1. The van der Waals surface area contributed by atoms with Gasteiger partial charge < -0.3 is 14.8 Å². The van der Waals surface area contributed by atoms with Gasteiger partial charge in [-0.3, -0.25) is 0 Å². The topological polar surface area (TPSA) is 64.6 Å². The van der Waals surface area contributed by atoms with Crippen molar-refractivity contribution in [3.63, 3.8) is 0 Å². The van der Waals surface area contributed by atoms with Crippen molar-refractivity contribution < 1.29 is 23.5 Å². The van der Waals surface area contributed by atoms with Gasteiger partial charge in [-0.05, 0) is 51.1 Å². The van der Waals surface area contributed by atoms with Crippen LogP contribution in [0.4, 0.5) is 9.18 Å². The Morgan fingerprint density at radius 3 is 2.42 bits per heavy atom. The van der Waals surface area contributed by atoms with E-state index in [9.17, 15) is 14.0 Å². The van der Waals surface area contributed by atoms with Gasteiger partial charge in [-0.15, -0.1) is 11.8 Å². The fraction of sp³-hybridized carbons (Fsp3) is 0.412. The molecule has 0 radical (unpaired) electrons. The summed E-state index contributed by atoms with van der Waals surface area (Å²) in [5, 5.41) is 2.46. The molecule has 1 rings (SSSR count). The molecule has 0 aromatic heterocycles. The van der Waals surface area contributed by atoms with Crippen LogP contribution in [0, 0.1) is 0 Å². The number of nitrogens with one attached hydrogen (secondary N) is 1. The number of alkyl carbamates (subject to hydrolysis) is 1. The van der Waals surface area contributed by atoms with Crippen molar-refractivity contribution >= 4 is 23.8 Å². The molecule has 0 atom stereocenters. The highest BCUT2D eigenvalue weighted by molar-refractivity contribution is 7.99. The lowest BCUT2D eigenvalue weighted by molar-refractivity contribution is 0.0532. The molecule has 0 fully saturated rings. The smallest absolute Gasteiger partial charge is 0.407 e. The number of benzene rings is 1. The number of thioether (sulfide) groups is 1. The van der Waals surface area contributed by atoms with E-state index >= 15 is 0 Å². The molecule has 0 saturated heterocycles. The summed E-state index contributed by atoms with van der Waals surface area (Å²) in [6.45, 7) is 5.32. The van der Waals surface area contributed by atoms with Gasteiger partial charge in [0.2, 0.25) is 0 Å². The Morgan fingerprint density at radius 1 is 1.25 bits per heavy atom. The van der Waals surface area contributed by atoms with E-state index in [0.717, 1.165) is 4.90 Å². The van der Waals surface area contributed by atoms with Gasteiger partial charge >= 0.3 is 12.1 Å². The zero-order chi connectivity index (χ0) is 18.2. The SMILES string of the molecule is COC(=O)c1ccc(SC/C(F)=C/CNC(=O)OC(C)(C)C)cc1. The number of amides is 1. The van der Waals surface area contributed by atoms with Crippen LogP contribution in [0.2, 0.25) is 0 Å². The Labute approximate surface area is 145 Å². The number of rotatable bonds is 6. The normalized spacial score (nSPS) is 11.8. The van der Waals surface area contributed by atoms with E-state index in [-0.39, 0.29) is 18.1 Å². The molecule has 1 amide bonds. The molecule has 0 bridgehead atoms. The standard InChI is InChI=1S/C17H22FNO4S/c1-17(2,3)23-16(21)19-10-9-13(18)11-24-14-7-5-12(6-8-14)15(20)22-4/h5-9H,10-11H2,1-4H3,(H,19,21)/b13-9-. The highest BCUT2D eigenvalue weighted by Gasteiger charge is 2.15. The molecule has 0 aliphatic rings. The van der Waals surface area contributed by atoms with E-state index in [1.54, 1.807) is 45.0 Å². The van der Waals surface area contributed by atoms with Crippen molar-refractivity contribution in [1.82, 2.24) is 5.32 Å². The number of ether oxygens (including phenoxy) is 2. The van der Waals surface area contributed by atoms with Gasteiger partial charge in [0.15, 0.2) is 0 Å². The average Bonchev–Trinajstić information content (AvgIpc) is 2.51. The summed E-state index contributed by atoms with van der Waals surface area (Å²) in [7, 11) is 1.32. The number of carbonyl (C=O) groups is 2. The average molecular weight is 355 g/mol. The minimum atomic E-state index is -0.586. The van der Waals surface area contributed by atoms with Crippen LogP contribution >= 0.6 is 11.8 Å². The molecule has 1 aromatic rings. The first-order valence-electron chi connectivity index (χ1n) is 7.34. The Bertz CT molecular complexity index is 594. The van der Waals surface area contributed by atoms with Crippen LogP contribution in [-0.4, -0.2) is 37.1 Å². The molecule has 0 aliphatic carbocycles. The van der Waals surface area contributed by atoms with Gasteiger partial charge in [0, 0.05) is 17.2 Å².